The van der Waals surface area contributed by atoms with Crippen molar-refractivity contribution in [2.45, 2.75) is 33.1 Å². The van der Waals surface area contributed by atoms with E-state index in [0.29, 0.717) is 11.4 Å². The standard InChI is InChI=1S/C11H16O.C6H6N2O2/c1-8-5-6-10(12)9(7-8)11(2,3)4;9-7-8(10)6-4-2-1-3-5-6/h5-7,12H,1-4H3;1-5,10H. The highest BCUT2D eigenvalue weighted by molar-refractivity contribution is 5.41. The second-order valence-electron chi connectivity index (χ2n) is 5.98. The summed E-state index contributed by atoms with van der Waals surface area (Å²) in [4.78, 5) is 9.73. The van der Waals surface area contributed by atoms with Gasteiger partial charge in [0.1, 0.15) is 5.75 Å². The third-order valence-electron chi connectivity index (χ3n) is 3.02. The van der Waals surface area contributed by atoms with Crippen molar-refractivity contribution < 1.29 is 10.3 Å². The number of aryl methyl sites for hydroxylation is 1. The van der Waals surface area contributed by atoms with E-state index in [4.69, 9.17) is 5.21 Å². The Bertz CT molecular complexity index is 607. The molecule has 2 N–H and O–H groups in total. The van der Waals surface area contributed by atoms with Gasteiger partial charge < -0.3 is 5.11 Å². The summed E-state index contributed by atoms with van der Waals surface area (Å²) in [7, 11) is 0. The number of hydrogen-bond acceptors (Lipinski definition) is 4. The third-order valence-corrected chi connectivity index (χ3v) is 3.02. The molecule has 5 nitrogen and oxygen atoms in total. The Morgan fingerprint density at radius 3 is 2.09 bits per heavy atom. The summed E-state index contributed by atoms with van der Waals surface area (Å²) in [6.45, 7) is 8.33. The van der Waals surface area contributed by atoms with E-state index in [1.807, 2.05) is 19.1 Å². The zero-order chi connectivity index (χ0) is 16.8. The fourth-order valence-corrected chi connectivity index (χ4v) is 1.86. The maximum atomic E-state index is 9.73. The second-order valence-corrected chi connectivity index (χ2v) is 5.98. The summed E-state index contributed by atoms with van der Waals surface area (Å²) in [5, 5.41) is 20.8. The van der Waals surface area contributed by atoms with Crippen molar-refractivity contribution in [3.8, 4) is 5.75 Å². The Morgan fingerprint density at radius 1 is 1.05 bits per heavy atom. The number of nitrogens with zero attached hydrogens (tertiary/aromatic N) is 2. The lowest BCUT2D eigenvalue weighted by atomic mass is 9.85. The van der Waals surface area contributed by atoms with E-state index >= 15 is 0 Å². The summed E-state index contributed by atoms with van der Waals surface area (Å²) in [5.41, 5.74) is 2.59. The number of aromatic hydroxyl groups is 1. The Labute approximate surface area is 130 Å². The summed E-state index contributed by atoms with van der Waals surface area (Å²) >= 11 is 0. The maximum absolute atomic E-state index is 9.73. The highest BCUT2D eigenvalue weighted by atomic mass is 16.6. The van der Waals surface area contributed by atoms with Crippen LogP contribution in [0.4, 0.5) is 5.69 Å². The molecule has 0 atom stereocenters. The molecular formula is C17H22N2O3. The van der Waals surface area contributed by atoms with Crippen LogP contribution in [0.3, 0.4) is 0 Å². The molecular weight excluding hydrogens is 280 g/mol. The second kappa shape index (κ2) is 7.56. The molecule has 0 aliphatic carbocycles. The van der Waals surface area contributed by atoms with Gasteiger partial charge in [-0.2, -0.15) is 0 Å². The minimum Gasteiger partial charge on any atom is -0.508 e. The molecule has 0 radical (unpaired) electrons. The Kier molecular flexibility index (Phi) is 6.07. The van der Waals surface area contributed by atoms with Crippen molar-refractivity contribution in [1.29, 1.82) is 0 Å². The third kappa shape index (κ3) is 5.18. The number of phenolic OH excluding ortho intramolecular Hbond substituents is 1. The van der Waals surface area contributed by atoms with E-state index in [0.717, 1.165) is 5.56 Å². The lowest BCUT2D eigenvalue weighted by Gasteiger charge is -2.20. The minimum atomic E-state index is 0.0239. The van der Waals surface area contributed by atoms with Crippen LogP contribution in [0.2, 0.25) is 0 Å². The fraction of sp³-hybridized carbons (Fsp3) is 0.294. The van der Waals surface area contributed by atoms with Crippen LogP contribution in [0.1, 0.15) is 31.9 Å². The minimum absolute atomic E-state index is 0.0239. The lowest BCUT2D eigenvalue weighted by molar-refractivity contribution is 0.258. The monoisotopic (exact) mass is 302 g/mol. The van der Waals surface area contributed by atoms with Gasteiger partial charge in [-0.3, -0.25) is 5.21 Å². The summed E-state index contributed by atoms with van der Waals surface area (Å²) in [5.74, 6) is 0.396. The van der Waals surface area contributed by atoms with Crippen LogP contribution in [0.15, 0.2) is 53.8 Å². The van der Waals surface area contributed by atoms with E-state index in [9.17, 15) is 10.0 Å². The number of nitroso groups, excluding NO2 is 1. The molecule has 0 amide bonds. The van der Waals surface area contributed by atoms with Crippen molar-refractivity contribution in [3.05, 3.63) is 64.6 Å². The van der Waals surface area contributed by atoms with Gasteiger partial charge in [0.05, 0.1) is 11.0 Å². The van der Waals surface area contributed by atoms with Gasteiger partial charge in [0.2, 0.25) is 0 Å². The van der Waals surface area contributed by atoms with Crippen LogP contribution >= 0.6 is 0 Å². The normalized spacial score (nSPS) is 10.4. The molecule has 0 spiro atoms. The largest absolute Gasteiger partial charge is 0.508 e. The first kappa shape index (κ1) is 17.7. The maximum Gasteiger partial charge on any atom is 0.119 e. The van der Waals surface area contributed by atoms with E-state index in [2.05, 4.69) is 26.1 Å². The van der Waals surface area contributed by atoms with Crippen LogP contribution in [0.5, 0.6) is 5.75 Å². The quantitative estimate of drug-likeness (QED) is 0.630. The van der Waals surface area contributed by atoms with Crippen LogP contribution in [-0.2, 0) is 5.41 Å². The smallest absolute Gasteiger partial charge is 0.119 e. The predicted octanol–water partition coefficient (Wildman–Crippen LogP) is 4.56. The first-order valence-corrected chi connectivity index (χ1v) is 6.93. The zero-order valence-electron chi connectivity index (χ0n) is 13.3. The highest BCUT2D eigenvalue weighted by Gasteiger charge is 2.17. The van der Waals surface area contributed by atoms with E-state index in [-0.39, 0.29) is 10.6 Å². The molecule has 2 aromatic rings. The van der Waals surface area contributed by atoms with Crippen molar-refractivity contribution in [1.82, 2.24) is 0 Å². The Balaban J connectivity index is 0.000000224. The Morgan fingerprint density at radius 2 is 1.64 bits per heavy atom. The van der Waals surface area contributed by atoms with Crippen molar-refractivity contribution >= 4 is 5.69 Å². The number of rotatable bonds is 2. The van der Waals surface area contributed by atoms with Crippen molar-refractivity contribution in [3.63, 3.8) is 0 Å². The Hall–Kier alpha value is -2.40. The van der Waals surface area contributed by atoms with Gasteiger partial charge in [0.25, 0.3) is 0 Å². The van der Waals surface area contributed by atoms with Gasteiger partial charge in [-0.25, -0.2) is 0 Å². The lowest BCUT2D eigenvalue weighted by Crippen LogP contribution is -2.11. The van der Waals surface area contributed by atoms with E-state index in [1.54, 1.807) is 36.4 Å². The molecule has 0 bridgehead atoms. The summed E-state index contributed by atoms with van der Waals surface area (Å²) in [6, 6.07) is 14.0. The summed E-state index contributed by atoms with van der Waals surface area (Å²) < 4.78 is 0. The predicted molar refractivity (Wildman–Crippen MR) is 88.0 cm³/mol. The SMILES string of the molecule is Cc1ccc(O)c(C(C)(C)C)c1.O=NN(O)c1ccccc1. The van der Waals surface area contributed by atoms with Gasteiger partial charge in [-0.15, -0.1) is 10.1 Å². The molecule has 0 saturated carbocycles. The van der Waals surface area contributed by atoms with Gasteiger partial charge in [-0.05, 0) is 36.1 Å². The van der Waals surface area contributed by atoms with Gasteiger partial charge >= 0.3 is 0 Å². The molecule has 2 rings (SSSR count). The van der Waals surface area contributed by atoms with E-state index in [1.165, 1.54) is 5.56 Å². The molecule has 22 heavy (non-hydrogen) atoms. The highest BCUT2D eigenvalue weighted by Crippen LogP contribution is 2.30. The number of hydrogen-bond donors (Lipinski definition) is 2. The van der Waals surface area contributed by atoms with Crippen LogP contribution in [-0.4, -0.2) is 10.3 Å². The fourth-order valence-electron chi connectivity index (χ4n) is 1.86. The molecule has 0 aromatic heterocycles. The van der Waals surface area contributed by atoms with Gasteiger partial charge in [0, 0.05) is 0 Å². The molecule has 2 aromatic carbocycles. The summed E-state index contributed by atoms with van der Waals surface area (Å²) in [6.07, 6.45) is 0. The number of para-hydroxylation sites is 1. The number of phenols is 1. The first-order chi connectivity index (χ1) is 10.3. The average molecular weight is 302 g/mol. The van der Waals surface area contributed by atoms with Crippen LogP contribution < -0.4 is 5.17 Å². The topological polar surface area (TPSA) is 73.1 Å². The molecule has 0 aliphatic heterocycles. The molecule has 0 aliphatic rings. The first-order valence-electron chi connectivity index (χ1n) is 6.93. The molecule has 0 saturated heterocycles. The van der Waals surface area contributed by atoms with Crippen LogP contribution in [0.25, 0.3) is 0 Å². The molecule has 0 fully saturated rings. The zero-order valence-corrected chi connectivity index (χ0v) is 13.3. The number of anilines is 1. The van der Waals surface area contributed by atoms with Crippen LogP contribution in [0, 0.1) is 11.8 Å². The van der Waals surface area contributed by atoms with Crippen molar-refractivity contribution in [2.75, 3.05) is 5.17 Å². The molecule has 5 heteroatoms. The molecule has 0 unspecified atom stereocenters. The van der Waals surface area contributed by atoms with Crippen molar-refractivity contribution in [2.24, 2.45) is 5.29 Å². The average Bonchev–Trinajstić information content (AvgIpc) is 2.49. The molecule has 118 valence electrons. The van der Waals surface area contributed by atoms with Gasteiger partial charge in [-0.1, -0.05) is 56.7 Å². The van der Waals surface area contributed by atoms with E-state index < -0.39 is 0 Å². The molecule has 0 heterocycles. The number of benzene rings is 2. The van der Waals surface area contributed by atoms with Gasteiger partial charge in [0.15, 0.2) is 0 Å².